The Balaban J connectivity index is 1.32. The fourth-order valence-corrected chi connectivity index (χ4v) is 7.57. The molecule has 0 bridgehead atoms. The molecule has 0 fully saturated rings. The van der Waals surface area contributed by atoms with E-state index < -0.39 is 17.1 Å². The number of nitriles is 1. The van der Waals surface area contributed by atoms with E-state index in [1.165, 1.54) is 34.0 Å². The summed E-state index contributed by atoms with van der Waals surface area (Å²) in [6, 6.07) is 19.6. The lowest BCUT2D eigenvalue weighted by Crippen LogP contribution is -2.24. The molecule has 1 aliphatic carbocycles. The maximum Gasteiger partial charge on any atom is 0.336 e. The van der Waals surface area contributed by atoms with Crippen LogP contribution in [0.5, 0.6) is 0 Å². The SMILES string of the molecule is CCC(Sc1cccc(NC(=O)c2cccc3cccc(C(=O)O)c23)c1)C(=O)Nc1sc2c(c1C#N)CCC(C)C2. The molecular formula is C32H29N3O4S2. The average Bonchev–Trinajstić information content (AvgIpc) is 3.30. The number of benzene rings is 3. The van der Waals surface area contributed by atoms with Gasteiger partial charge in [-0.15, -0.1) is 23.1 Å². The summed E-state index contributed by atoms with van der Waals surface area (Å²) in [5.41, 5.74) is 2.54. The summed E-state index contributed by atoms with van der Waals surface area (Å²) >= 11 is 2.91. The first-order valence-corrected chi connectivity index (χ1v) is 15.2. The lowest BCUT2D eigenvalue weighted by atomic mass is 9.88. The number of carbonyl (C=O) groups is 3. The maximum absolute atomic E-state index is 13.3. The van der Waals surface area contributed by atoms with E-state index in [1.54, 1.807) is 48.5 Å². The summed E-state index contributed by atoms with van der Waals surface area (Å²) in [5.74, 6) is -1.11. The molecule has 41 heavy (non-hydrogen) atoms. The number of rotatable bonds is 8. The molecule has 2 amide bonds. The van der Waals surface area contributed by atoms with Gasteiger partial charge in [0.15, 0.2) is 0 Å². The molecule has 1 aromatic heterocycles. The molecule has 7 nitrogen and oxygen atoms in total. The summed E-state index contributed by atoms with van der Waals surface area (Å²) in [6.45, 7) is 4.15. The molecule has 9 heteroatoms. The number of carboxylic acid groups (broad SMARTS) is 1. The van der Waals surface area contributed by atoms with E-state index in [1.807, 2.05) is 13.0 Å². The van der Waals surface area contributed by atoms with E-state index in [2.05, 4.69) is 23.6 Å². The summed E-state index contributed by atoms with van der Waals surface area (Å²) in [7, 11) is 0. The van der Waals surface area contributed by atoms with E-state index >= 15 is 0 Å². The highest BCUT2D eigenvalue weighted by atomic mass is 32.2. The van der Waals surface area contributed by atoms with E-state index in [4.69, 9.17) is 0 Å². The van der Waals surface area contributed by atoms with Crippen molar-refractivity contribution in [3.8, 4) is 6.07 Å². The largest absolute Gasteiger partial charge is 0.478 e. The van der Waals surface area contributed by atoms with Crippen molar-refractivity contribution in [3.63, 3.8) is 0 Å². The third-order valence-corrected chi connectivity index (χ3v) is 9.80. The zero-order valence-corrected chi connectivity index (χ0v) is 24.3. The van der Waals surface area contributed by atoms with Gasteiger partial charge in [0.25, 0.3) is 5.91 Å². The molecule has 0 spiro atoms. The number of fused-ring (bicyclic) bond motifs is 2. The van der Waals surface area contributed by atoms with Gasteiger partial charge in [0.05, 0.1) is 16.4 Å². The van der Waals surface area contributed by atoms with Gasteiger partial charge in [0.1, 0.15) is 11.1 Å². The van der Waals surface area contributed by atoms with E-state index in [0.29, 0.717) is 39.4 Å². The molecule has 0 saturated carbocycles. The molecule has 2 atom stereocenters. The Hall–Kier alpha value is -4.13. The molecule has 3 aromatic carbocycles. The Kier molecular flexibility index (Phi) is 8.43. The number of amides is 2. The highest BCUT2D eigenvalue weighted by molar-refractivity contribution is 8.00. The third kappa shape index (κ3) is 5.99. The molecular weight excluding hydrogens is 555 g/mol. The summed E-state index contributed by atoms with van der Waals surface area (Å²) < 4.78 is 0. The lowest BCUT2D eigenvalue weighted by Gasteiger charge is -2.17. The van der Waals surface area contributed by atoms with Crippen molar-refractivity contribution in [1.29, 1.82) is 5.26 Å². The van der Waals surface area contributed by atoms with Crippen molar-refractivity contribution >= 4 is 62.3 Å². The summed E-state index contributed by atoms with van der Waals surface area (Å²) in [6.07, 6.45) is 3.43. The Morgan fingerprint density at radius 2 is 1.83 bits per heavy atom. The molecule has 0 saturated heterocycles. The van der Waals surface area contributed by atoms with Crippen molar-refractivity contribution in [2.24, 2.45) is 5.92 Å². The molecule has 4 aromatic rings. The van der Waals surface area contributed by atoms with Crippen LogP contribution in [0.3, 0.4) is 0 Å². The van der Waals surface area contributed by atoms with Crippen LogP contribution in [0.1, 0.15) is 63.4 Å². The van der Waals surface area contributed by atoms with Crippen LogP contribution >= 0.6 is 23.1 Å². The van der Waals surface area contributed by atoms with Crippen LogP contribution in [0.15, 0.2) is 65.6 Å². The highest BCUT2D eigenvalue weighted by Crippen LogP contribution is 2.40. The van der Waals surface area contributed by atoms with Gasteiger partial charge in [0.2, 0.25) is 5.91 Å². The first-order chi connectivity index (χ1) is 19.8. The zero-order valence-electron chi connectivity index (χ0n) is 22.7. The van der Waals surface area contributed by atoms with Gasteiger partial charge >= 0.3 is 5.97 Å². The van der Waals surface area contributed by atoms with Gasteiger partial charge < -0.3 is 15.7 Å². The number of thioether (sulfide) groups is 1. The molecule has 1 aliphatic rings. The molecule has 1 heterocycles. The van der Waals surface area contributed by atoms with Crippen molar-refractivity contribution in [1.82, 2.24) is 0 Å². The van der Waals surface area contributed by atoms with Crippen LogP contribution in [-0.2, 0) is 17.6 Å². The molecule has 208 valence electrons. The fourth-order valence-electron chi connectivity index (χ4n) is 5.19. The minimum absolute atomic E-state index is 0.0648. The standard InChI is InChI=1S/C32H29N3O4S2/c1-3-26(30(37)35-31-25(17-33)22-14-13-18(2)15-27(22)41-31)40-21-10-6-9-20(16-21)34-29(36)23-11-4-7-19-8-5-12-24(28(19)23)32(38)39/h4-12,16,18,26H,3,13-15H2,1-2H3,(H,34,36)(H,35,37)(H,38,39). The Morgan fingerprint density at radius 1 is 1.10 bits per heavy atom. The summed E-state index contributed by atoms with van der Waals surface area (Å²) in [5, 5.41) is 26.6. The van der Waals surface area contributed by atoms with Crippen LogP contribution in [0.4, 0.5) is 10.7 Å². The van der Waals surface area contributed by atoms with Crippen molar-refractivity contribution in [2.45, 2.75) is 49.7 Å². The average molecular weight is 584 g/mol. The van der Waals surface area contributed by atoms with Gasteiger partial charge in [-0.05, 0) is 72.9 Å². The predicted molar refractivity (Wildman–Crippen MR) is 164 cm³/mol. The first-order valence-electron chi connectivity index (χ1n) is 13.5. The summed E-state index contributed by atoms with van der Waals surface area (Å²) in [4.78, 5) is 40.4. The second-order valence-corrected chi connectivity index (χ2v) is 12.5. The topological polar surface area (TPSA) is 119 Å². The van der Waals surface area contributed by atoms with Crippen molar-refractivity contribution in [2.75, 3.05) is 10.6 Å². The van der Waals surface area contributed by atoms with Gasteiger partial charge in [0, 0.05) is 26.4 Å². The number of nitrogens with zero attached hydrogens (tertiary/aromatic N) is 1. The van der Waals surface area contributed by atoms with Gasteiger partial charge in [-0.25, -0.2) is 4.79 Å². The monoisotopic (exact) mass is 583 g/mol. The third-order valence-electron chi connectivity index (χ3n) is 7.27. The second kappa shape index (κ2) is 12.2. The Labute approximate surface area is 246 Å². The molecule has 2 unspecified atom stereocenters. The van der Waals surface area contributed by atoms with Crippen LogP contribution in [0.25, 0.3) is 10.8 Å². The number of hydrogen-bond acceptors (Lipinski definition) is 6. The molecule has 5 rings (SSSR count). The number of carbonyl (C=O) groups excluding carboxylic acids is 2. The second-order valence-electron chi connectivity index (χ2n) is 10.2. The number of aromatic carboxylic acids is 1. The molecule has 0 radical (unpaired) electrons. The van der Waals surface area contributed by atoms with Crippen molar-refractivity contribution < 1.29 is 19.5 Å². The van der Waals surface area contributed by atoms with Gasteiger partial charge in [-0.3, -0.25) is 9.59 Å². The lowest BCUT2D eigenvalue weighted by molar-refractivity contribution is -0.115. The Bertz CT molecular complexity index is 1700. The van der Waals surface area contributed by atoms with Crippen LogP contribution in [0.2, 0.25) is 0 Å². The van der Waals surface area contributed by atoms with Crippen molar-refractivity contribution in [3.05, 3.63) is 87.8 Å². The van der Waals surface area contributed by atoms with Crippen LogP contribution in [-0.4, -0.2) is 28.1 Å². The number of thiophene rings is 1. The maximum atomic E-state index is 13.3. The number of hydrogen-bond donors (Lipinski definition) is 3. The smallest absolute Gasteiger partial charge is 0.336 e. The van der Waals surface area contributed by atoms with E-state index in [-0.39, 0.29) is 17.0 Å². The minimum atomic E-state index is -1.10. The molecule has 3 N–H and O–H groups in total. The molecule has 0 aliphatic heterocycles. The quantitative estimate of drug-likeness (QED) is 0.187. The fraction of sp³-hybridized carbons (Fsp3) is 0.250. The first kappa shape index (κ1) is 28.4. The van der Waals surface area contributed by atoms with Crippen LogP contribution < -0.4 is 10.6 Å². The number of anilines is 2. The Morgan fingerprint density at radius 3 is 2.54 bits per heavy atom. The zero-order chi connectivity index (χ0) is 29.1. The number of carboxylic acids is 1. The minimum Gasteiger partial charge on any atom is -0.478 e. The van der Waals surface area contributed by atoms with Gasteiger partial charge in [-0.1, -0.05) is 44.2 Å². The number of nitrogens with one attached hydrogen (secondary N) is 2. The normalized spacial score (nSPS) is 15.0. The van der Waals surface area contributed by atoms with E-state index in [9.17, 15) is 24.8 Å². The van der Waals surface area contributed by atoms with Gasteiger partial charge in [-0.2, -0.15) is 5.26 Å². The highest BCUT2D eigenvalue weighted by Gasteiger charge is 2.27. The van der Waals surface area contributed by atoms with Crippen LogP contribution in [0, 0.1) is 17.2 Å². The van der Waals surface area contributed by atoms with E-state index in [0.717, 1.165) is 29.7 Å². The predicted octanol–water partition coefficient (Wildman–Crippen LogP) is 7.36.